The highest BCUT2D eigenvalue weighted by molar-refractivity contribution is 6.05. The van der Waals surface area contributed by atoms with E-state index in [0.29, 0.717) is 23.9 Å². The Hall–Kier alpha value is -3.43. The number of amides is 1. The predicted octanol–water partition coefficient (Wildman–Crippen LogP) is 4.15. The van der Waals surface area contributed by atoms with Gasteiger partial charge < -0.3 is 10.4 Å². The molecular formula is C19H17F4N3O3. The number of carbonyl (C=O) groups is 2. The smallest absolute Gasteiger partial charge is 0.416 e. The largest absolute Gasteiger partial charge is 0.483 e. The lowest BCUT2D eigenvalue weighted by Crippen LogP contribution is -2.31. The molecule has 1 aliphatic heterocycles. The van der Waals surface area contributed by atoms with Gasteiger partial charge in [-0.2, -0.15) is 18.3 Å². The molecule has 0 radical (unpaired) electrons. The quantitative estimate of drug-likeness (QED) is 0.523. The minimum atomic E-state index is -4.55. The maximum Gasteiger partial charge on any atom is 0.416 e. The fourth-order valence-corrected chi connectivity index (χ4v) is 2.68. The molecule has 2 aromatic rings. The molecule has 0 fully saturated rings. The van der Waals surface area contributed by atoms with Gasteiger partial charge in [-0.1, -0.05) is 19.1 Å². The third kappa shape index (κ3) is 5.77. The average Bonchev–Trinajstić information content (AvgIpc) is 2.64. The lowest BCUT2D eigenvalue weighted by molar-refractivity contribution is -0.137. The van der Waals surface area contributed by atoms with Gasteiger partial charge in [0.25, 0.3) is 6.47 Å². The number of carbonyl (C=O) groups excluding carboxylic acids is 1. The highest BCUT2D eigenvalue weighted by Crippen LogP contribution is 2.32. The zero-order valence-corrected chi connectivity index (χ0v) is 15.1. The molecule has 3 rings (SSSR count). The Balaban J connectivity index is 0.000000941. The summed E-state index contributed by atoms with van der Waals surface area (Å²) in [5.41, 5.74) is 3.14. The molecule has 154 valence electrons. The molecule has 10 heteroatoms. The summed E-state index contributed by atoms with van der Waals surface area (Å²) >= 11 is 0. The van der Waals surface area contributed by atoms with E-state index in [2.05, 4.69) is 15.8 Å². The predicted molar refractivity (Wildman–Crippen MR) is 98.3 cm³/mol. The minimum absolute atomic E-state index is 0.0523. The van der Waals surface area contributed by atoms with Gasteiger partial charge in [0.1, 0.15) is 5.82 Å². The fourth-order valence-electron chi connectivity index (χ4n) is 2.68. The van der Waals surface area contributed by atoms with Crippen molar-refractivity contribution in [3.8, 4) is 0 Å². The van der Waals surface area contributed by atoms with Gasteiger partial charge in [0.05, 0.1) is 17.0 Å². The number of nitrogens with one attached hydrogen (secondary N) is 2. The molecule has 1 heterocycles. The maximum absolute atomic E-state index is 13.8. The van der Waals surface area contributed by atoms with E-state index >= 15 is 0 Å². The number of anilines is 2. The van der Waals surface area contributed by atoms with Crippen molar-refractivity contribution >= 4 is 29.5 Å². The fraction of sp³-hybridized carbons (Fsp3) is 0.211. The van der Waals surface area contributed by atoms with Crippen LogP contribution in [0.2, 0.25) is 0 Å². The monoisotopic (exact) mass is 411 g/mol. The first-order chi connectivity index (χ1) is 13.7. The number of hydrogen-bond acceptors (Lipinski definition) is 4. The third-order valence-electron chi connectivity index (χ3n) is 4.01. The van der Waals surface area contributed by atoms with E-state index in [-0.39, 0.29) is 24.0 Å². The summed E-state index contributed by atoms with van der Waals surface area (Å²) in [6.07, 6.45) is -4.22. The van der Waals surface area contributed by atoms with Crippen LogP contribution in [0.1, 0.15) is 24.5 Å². The Kier molecular flexibility index (Phi) is 6.92. The summed E-state index contributed by atoms with van der Waals surface area (Å²) in [5.74, 6) is -0.988. The number of alkyl halides is 3. The van der Waals surface area contributed by atoms with Crippen LogP contribution in [0.25, 0.3) is 0 Å². The second-order valence-corrected chi connectivity index (χ2v) is 6.14. The Morgan fingerprint density at radius 1 is 1.21 bits per heavy atom. The normalized spacial score (nSPS) is 16.1. The second-order valence-electron chi connectivity index (χ2n) is 6.14. The van der Waals surface area contributed by atoms with Gasteiger partial charge in [-0.25, -0.2) is 9.82 Å². The van der Waals surface area contributed by atoms with E-state index in [1.807, 2.05) is 6.92 Å². The molecule has 3 N–H and O–H groups in total. The SMILES string of the molecule is CC1CC(=O)NN=C1c1ccc(Nc2cc(C(F)(F)F)ccc2F)cc1.O=CO. The first-order valence-corrected chi connectivity index (χ1v) is 8.34. The molecule has 0 spiro atoms. The van der Waals surface area contributed by atoms with Crippen LogP contribution in [0.3, 0.4) is 0 Å². The van der Waals surface area contributed by atoms with Gasteiger partial charge in [0.2, 0.25) is 5.91 Å². The summed E-state index contributed by atoms with van der Waals surface area (Å²) in [7, 11) is 0. The second kappa shape index (κ2) is 9.18. The molecule has 6 nitrogen and oxygen atoms in total. The van der Waals surface area contributed by atoms with E-state index in [1.54, 1.807) is 24.3 Å². The number of nitrogens with zero attached hydrogens (tertiary/aromatic N) is 1. The first kappa shape index (κ1) is 21.9. The zero-order chi connectivity index (χ0) is 21.6. The third-order valence-corrected chi connectivity index (χ3v) is 4.01. The number of hydrazone groups is 1. The van der Waals surface area contributed by atoms with Crippen molar-refractivity contribution in [1.82, 2.24) is 5.43 Å². The molecule has 2 aromatic carbocycles. The van der Waals surface area contributed by atoms with E-state index in [1.165, 1.54) is 0 Å². The molecule has 0 aliphatic carbocycles. The molecule has 1 amide bonds. The Labute approximate surface area is 163 Å². The van der Waals surface area contributed by atoms with E-state index < -0.39 is 17.6 Å². The van der Waals surface area contributed by atoms with Crippen molar-refractivity contribution in [2.75, 3.05) is 5.32 Å². The van der Waals surface area contributed by atoms with Gasteiger partial charge in [-0.15, -0.1) is 0 Å². The topological polar surface area (TPSA) is 90.8 Å². The van der Waals surface area contributed by atoms with E-state index in [9.17, 15) is 22.4 Å². The molecule has 0 saturated heterocycles. The maximum atomic E-state index is 13.8. The van der Waals surface area contributed by atoms with Crippen molar-refractivity contribution in [3.63, 3.8) is 0 Å². The standard InChI is InChI=1S/C18H15F4N3O.CH2O2/c1-10-8-16(26)24-25-17(10)11-2-5-13(6-3-11)23-15-9-12(18(20,21)22)4-7-14(15)19;2-1-3/h2-7,9-10,23H,8H2,1H3,(H,24,26);1H,(H,2,3). The molecule has 1 atom stereocenters. The summed E-state index contributed by atoms with van der Waals surface area (Å²) in [6.45, 7) is 1.63. The van der Waals surface area contributed by atoms with Crippen LogP contribution in [0.5, 0.6) is 0 Å². The molecule has 0 saturated carbocycles. The van der Waals surface area contributed by atoms with Crippen LogP contribution < -0.4 is 10.7 Å². The summed E-state index contributed by atoms with van der Waals surface area (Å²) in [5, 5.41) is 13.6. The van der Waals surface area contributed by atoms with Gasteiger partial charge >= 0.3 is 6.18 Å². The molecule has 1 aliphatic rings. The Morgan fingerprint density at radius 3 is 2.38 bits per heavy atom. The first-order valence-electron chi connectivity index (χ1n) is 8.34. The van der Waals surface area contributed by atoms with Crippen molar-refractivity contribution < 1.29 is 32.3 Å². The van der Waals surface area contributed by atoms with Crippen LogP contribution in [-0.2, 0) is 15.8 Å². The molecule has 29 heavy (non-hydrogen) atoms. The number of halogens is 4. The molecular weight excluding hydrogens is 394 g/mol. The van der Waals surface area contributed by atoms with Crippen LogP contribution in [0.4, 0.5) is 28.9 Å². The Morgan fingerprint density at radius 2 is 1.83 bits per heavy atom. The zero-order valence-electron chi connectivity index (χ0n) is 15.1. The number of benzene rings is 2. The van der Waals surface area contributed by atoms with Crippen LogP contribution >= 0.6 is 0 Å². The van der Waals surface area contributed by atoms with Crippen molar-refractivity contribution in [2.24, 2.45) is 11.0 Å². The van der Waals surface area contributed by atoms with Crippen molar-refractivity contribution in [2.45, 2.75) is 19.5 Å². The van der Waals surface area contributed by atoms with Crippen molar-refractivity contribution in [1.29, 1.82) is 0 Å². The van der Waals surface area contributed by atoms with E-state index in [0.717, 1.165) is 17.7 Å². The van der Waals surface area contributed by atoms with Gasteiger partial charge in [-0.05, 0) is 35.9 Å². The number of carboxylic acid groups (broad SMARTS) is 1. The number of rotatable bonds is 3. The lowest BCUT2D eigenvalue weighted by Gasteiger charge is -2.19. The molecule has 0 aromatic heterocycles. The van der Waals surface area contributed by atoms with Crippen LogP contribution in [0.15, 0.2) is 47.6 Å². The minimum Gasteiger partial charge on any atom is -0.483 e. The summed E-state index contributed by atoms with van der Waals surface area (Å²) in [6, 6.07) is 8.84. The van der Waals surface area contributed by atoms with Gasteiger partial charge in [0, 0.05) is 18.0 Å². The molecule has 1 unspecified atom stereocenters. The highest BCUT2D eigenvalue weighted by atomic mass is 19.4. The lowest BCUT2D eigenvalue weighted by atomic mass is 9.94. The Bertz CT molecular complexity index is 912. The van der Waals surface area contributed by atoms with Crippen LogP contribution in [0, 0.1) is 11.7 Å². The molecule has 0 bridgehead atoms. The van der Waals surface area contributed by atoms with E-state index in [4.69, 9.17) is 9.90 Å². The van der Waals surface area contributed by atoms with Crippen LogP contribution in [-0.4, -0.2) is 23.2 Å². The highest BCUT2D eigenvalue weighted by Gasteiger charge is 2.31. The van der Waals surface area contributed by atoms with Crippen molar-refractivity contribution in [3.05, 3.63) is 59.4 Å². The average molecular weight is 411 g/mol. The summed E-state index contributed by atoms with van der Waals surface area (Å²) in [4.78, 5) is 19.7. The summed E-state index contributed by atoms with van der Waals surface area (Å²) < 4.78 is 52.1. The van der Waals surface area contributed by atoms with Gasteiger partial charge in [0.15, 0.2) is 0 Å². The number of hydrogen-bond donors (Lipinski definition) is 3. The van der Waals surface area contributed by atoms with Gasteiger partial charge in [-0.3, -0.25) is 9.59 Å².